The second-order valence-electron chi connectivity index (χ2n) is 14.9. The predicted octanol–water partition coefficient (Wildman–Crippen LogP) is 16.0. The lowest BCUT2D eigenvalue weighted by atomic mass is 9.96. The van der Waals surface area contributed by atoms with Crippen LogP contribution in [-0.4, -0.2) is 0 Å². The molecule has 0 amide bonds. The molecule has 0 aliphatic heterocycles. The zero-order chi connectivity index (χ0) is 38.4. The number of nitrogens with zero attached hydrogens (tertiary/aromatic N) is 1. The molecule has 0 saturated carbocycles. The molecule has 58 heavy (non-hydrogen) atoms. The average Bonchev–Trinajstić information content (AvgIpc) is 3.70. The van der Waals surface area contributed by atoms with Crippen LogP contribution in [0.2, 0.25) is 0 Å². The fraction of sp³-hybridized carbons (Fsp3) is 0. The summed E-state index contributed by atoms with van der Waals surface area (Å²) in [6.07, 6.45) is 0. The highest BCUT2D eigenvalue weighted by atomic mass is 16.3. The minimum atomic E-state index is 0.844. The van der Waals surface area contributed by atoms with Gasteiger partial charge in [-0.2, -0.15) is 0 Å². The average molecular weight is 740 g/mol. The van der Waals surface area contributed by atoms with E-state index in [0.717, 1.165) is 61.3 Å². The monoisotopic (exact) mass is 739 g/mol. The van der Waals surface area contributed by atoms with Gasteiger partial charge in [-0.25, -0.2) is 0 Å². The number of para-hydroxylation sites is 1. The molecule has 2 heteroatoms. The molecule has 11 rings (SSSR count). The number of hydrogen-bond acceptors (Lipinski definition) is 2. The topological polar surface area (TPSA) is 16.4 Å². The number of hydrogen-bond donors (Lipinski definition) is 0. The number of fused-ring (bicyclic) bond motifs is 5. The maximum Gasteiger partial charge on any atom is 0.160 e. The summed E-state index contributed by atoms with van der Waals surface area (Å²) >= 11 is 0. The van der Waals surface area contributed by atoms with Crippen LogP contribution in [0.3, 0.4) is 0 Å². The van der Waals surface area contributed by atoms with Crippen LogP contribution < -0.4 is 4.90 Å². The van der Waals surface area contributed by atoms with Crippen LogP contribution in [0.1, 0.15) is 0 Å². The molecule has 10 aromatic carbocycles. The van der Waals surface area contributed by atoms with Gasteiger partial charge in [-0.05, 0) is 103 Å². The summed E-state index contributed by atoms with van der Waals surface area (Å²) in [5.41, 5.74) is 14.0. The molecule has 0 aliphatic carbocycles. The Labute approximate surface area is 337 Å². The summed E-state index contributed by atoms with van der Waals surface area (Å²) in [5.74, 6) is 0. The highest BCUT2D eigenvalue weighted by Gasteiger charge is 2.24. The normalized spacial score (nSPS) is 11.4. The Morgan fingerprint density at radius 1 is 0.293 bits per heavy atom. The second-order valence-corrected chi connectivity index (χ2v) is 14.9. The predicted molar refractivity (Wildman–Crippen MR) is 245 cm³/mol. The third-order valence-corrected chi connectivity index (χ3v) is 11.5. The molecule has 2 nitrogen and oxygen atoms in total. The summed E-state index contributed by atoms with van der Waals surface area (Å²) in [4.78, 5) is 2.34. The molecular weight excluding hydrogens is 703 g/mol. The molecule has 0 bridgehead atoms. The number of benzene rings is 10. The second kappa shape index (κ2) is 14.1. The zero-order valence-corrected chi connectivity index (χ0v) is 31.7. The molecule has 0 atom stereocenters. The highest BCUT2D eigenvalue weighted by molar-refractivity contribution is 6.19. The molecule has 0 radical (unpaired) electrons. The first-order valence-electron chi connectivity index (χ1n) is 19.8. The van der Waals surface area contributed by atoms with E-state index in [1.54, 1.807) is 0 Å². The van der Waals surface area contributed by atoms with E-state index in [-0.39, 0.29) is 0 Å². The molecular formula is C56H37NO. The molecule has 1 aromatic heterocycles. The van der Waals surface area contributed by atoms with Crippen molar-refractivity contribution in [3.05, 3.63) is 224 Å². The van der Waals surface area contributed by atoms with Crippen LogP contribution in [0.4, 0.5) is 17.1 Å². The molecule has 0 aliphatic rings. The lowest BCUT2D eigenvalue weighted by Gasteiger charge is -2.26. The van der Waals surface area contributed by atoms with Crippen molar-refractivity contribution in [2.24, 2.45) is 0 Å². The lowest BCUT2D eigenvalue weighted by Crippen LogP contribution is -2.10. The smallest absolute Gasteiger partial charge is 0.160 e. The van der Waals surface area contributed by atoms with Crippen LogP contribution in [0.25, 0.3) is 88.0 Å². The standard InChI is InChI=1S/C56H37NO/c1-3-14-42(15-4-1)50-34-35-53(56-54(50)52-21-11-20-51(55(52)58-56)43-16-5-2-6-17-43)57(48-30-26-40(27-31-48)46-24-22-38-12-7-9-18-44(38)36-46)49-32-28-41(29-33-49)47-25-23-39-13-8-10-19-45(39)37-47/h1-37H. The Kier molecular flexibility index (Phi) is 8.19. The van der Waals surface area contributed by atoms with E-state index in [1.165, 1.54) is 43.8 Å². The van der Waals surface area contributed by atoms with Gasteiger partial charge in [0.15, 0.2) is 5.58 Å². The van der Waals surface area contributed by atoms with E-state index < -0.39 is 0 Å². The molecule has 0 unspecified atom stereocenters. The minimum Gasteiger partial charge on any atom is -0.453 e. The van der Waals surface area contributed by atoms with Crippen LogP contribution in [0, 0.1) is 0 Å². The molecule has 0 saturated heterocycles. The fourth-order valence-corrected chi connectivity index (χ4v) is 8.54. The van der Waals surface area contributed by atoms with Gasteiger partial charge in [0, 0.05) is 27.7 Å². The van der Waals surface area contributed by atoms with E-state index in [1.807, 2.05) is 0 Å². The minimum absolute atomic E-state index is 0.844. The van der Waals surface area contributed by atoms with Gasteiger partial charge in [0.05, 0.1) is 5.69 Å². The summed E-state index contributed by atoms with van der Waals surface area (Å²) in [6.45, 7) is 0. The van der Waals surface area contributed by atoms with Crippen molar-refractivity contribution >= 4 is 60.5 Å². The van der Waals surface area contributed by atoms with Gasteiger partial charge in [-0.1, -0.05) is 182 Å². The van der Waals surface area contributed by atoms with Crippen LogP contribution in [-0.2, 0) is 0 Å². The van der Waals surface area contributed by atoms with E-state index in [9.17, 15) is 0 Å². The van der Waals surface area contributed by atoms with Crippen molar-refractivity contribution < 1.29 is 4.42 Å². The number of anilines is 3. The van der Waals surface area contributed by atoms with E-state index in [0.29, 0.717) is 0 Å². The number of furan rings is 1. The first-order valence-corrected chi connectivity index (χ1v) is 19.8. The quantitative estimate of drug-likeness (QED) is 0.162. The van der Waals surface area contributed by atoms with Crippen LogP contribution in [0.15, 0.2) is 229 Å². The van der Waals surface area contributed by atoms with Gasteiger partial charge < -0.3 is 9.32 Å². The van der Waals surface area contributed by atoms with Gasteiger partial charge >= 0.3 is 0 Å². The largest absolute Gasteiger partial charge is 0.453 e. The summed E-state index contributed by atoms with van der Waals surface area (Å²) in [6, 6.07) is 80.5. The van der Waals surface area contributed by atoms with Crippen molar-refractivity contribution in [1.29, 1.82) is 0 Å². The van der Waals surface area contributed by atoms with Crippen LogP contribution in [0.5, 0.6) is 0 Å². The maximum atomic E-state index is 7.18. The van der Waals surface area contributed by atoms with Gasteiger partial charge in [0.25, 0.3) is 0 Å². The Morgan fingerprint density at radius 3 is 1.33 bits per heavy atom. The molecule has 272 valence electrons. The summed E-state index contributed by atoms with van der Waals surface area (Å²) in [5, 5.41) is 7.14. The van der Waals surface area contributed by atoms with Crippen molar-refractivity contribution in [2.45, 2.75) is 0 Å². The van der Waals surface area contributed by atoms with Gasteiger partial charge in [0.2, 0.25) is 0 Å². The Morgan fingerprint density at radius 2 is 0.776 bits per heavy atom. The Hall–Kier alpha value is -7.68. The van der Waals surface area contributed by atoms with Crippen molar-refractivity contribution in [3.63, 3.8) is 0 Å². The van der Waals surface area contributed by atoms with Crippen LogP contribution >= 0.6 is 0 Å². The van der Waals surface area contributed by atoms with Crippen molar-refractivity contribution in [3.8, 4) is 44.5 Å². The van der Waals surface area contributed by atoms with E-state index in [4.69, 9.17) is 4.42 Å². The molecule has 0 fully saturated rings. The van der Waals surface area contributed by atoms with Gasteiger partial charge in [-0.15, -0.1) is 0 Å². The molecule has 0 N–H and O–H groups in total. The molecule has 11 aromatic rings. The summed E-state index contributed by atoms with van der Waals surface area (Å²) in [7, 11) is 0. The van der Waals surface area contributed by atoms with E-state index >= 15 is 0 Å². The molecule has 0 spiro atoms. The number of rotatable bonds is 7. The van der Waals surface area contributed by atoms with Crippen molar-refractivity contribution in [1.82, 2.24) is 0 Å². The Bertz CT molecular complexity index is 3130. The third-order valence-electron chi connectivity index (χ3n) is 11.5. The summed E-state index contributed by atoms with van der Waals surface area (Å²) < 4.78 is 7.18. The zero-order valence-electron chi connectivity index (χ0n) is 31.7. The Balaban J connectivity index is 1.11. The molecule has 1 heterocycles. The van der Waals surface area contributed by atoms with Crippen molar-refractivity contribution in [2.75, 3.05) is 4.90 Å². The van der Waals surface area contributed by atoms with E-state index in [2.05, 4.69) is 229 Å². The first kappa shape index (κ1) is 33.6. The third kappa shape index (κ3) is 5.91. The fourth-order valence-electron chi connectivity index (χ4n) is 8.54. The SMILES string of the molecule is c1ccc(-c2cccc3c2oc2c(N(c4ccc(-c5ccc6ccccc6c5)cc4)c4ccc(-c5ccc6ccccc6c5)cc4)ccc(-c4ccccc4)c23)cc1. The van der Waals surface area contributed by atoms with Gasteiger partial charge in [-0.3, -0.25) is 0 Å². The van der Waals surface area contributed by atoms with Gasteiger partial charge in [0.1, 0.15) is 5.58 Å². The lowest BCUT2D eigenvalue weighted by molar-refractivity contribution is 0.670. The first-order chi connectivity index (χ1) is 28.7. The maximum absolute atomic E-state index is 7.18. The highest BCUT2D eigenvalue weighted by Crippen LogP contribution is 2.48.